The number of rotatable bonds is 12. The second-order valence-corrected chi connectivity index (χ2v) is 28.5. The summed E-state index contributed by atoms with van der Waals surface area (Å²) < 4.78 is 30.2. The van der Waals surface area contributed by atoms with E-state index in [2.05, 4.69) is 147 Å². The lowest BCUT2D eigenvalue weighted by molar-refractivity contribution is 0.591. The van der Waals surface area contributed by atoms with Crippen molar-refractivity contribution in [3.63, 3.8) is 0 Å². The summed E-state index contributed by atoms with van der Waals surface area (Å²) in [5.41, 5.74) is 11.8. The Morgan fingerprint density at radius 1 is 0.225 bits per heavy atom. The van der Waals surface area contributed by atoms with Crippen molar-refractivity contribution in [1.82, 2.24) is 0 Å². The maximum atomic E-state index is 15.1. The molecule has 0 amide bonds. The summed E-state index contributed by atoms with van der Waals surface area (Å²) in [6, 6.07) is 96.1. The monoisotopic (exact) mass is 966 g/mol. The standard InChI is InChI=1S/C66H52O2P2Si/c1-71(2)65(55-37-33-49(34-38-55)51-41-45-61(46-42-51)69(67,57-25-13-5-14-26-57)58-27-15-6-16-28-58)63(53-21-9-3-10-22-53)64(54-23-11-4-12-24-54)66(71)56-39-35-50(36-40-56)52-43-47-62(48-44-52)70(68,59-29-17-7-18-30-59)60-31-19-8-20-32-60/h3-48H,1-2H3. The first-order chi connectivity index (χ1) is 34.7. The molecule has 1 aliphatic rings. The predicted octanol–water partition coefficient (Wildman–Crippen LogP) is 14.6. The van der Waals surface area contributed by atoms with E-state index in [0.717, 1.165) is 54.1 Å². The topological polar surface area (TPSA) is 34.1 Å². The van der Waals surface area contributed by atoms with Gasteiger partial charge in [0.2, 0.25) is 0 Å². The molecule has 0 aliphatic carbocycles. The van der Waals surface area contributed by atoms with E-state index < -0.39 is 22.4 Å². The molecular weight excluding hydrogens is 915 g/mol. The van der Waals surface area contributed by atoms with Crippen LogP contribution < -0.4 is 31.8 Å². The summed E-state index contributed by atoms with van der Waals surface area (Å²) in [4.78, 5) is 0. The Bertz CT molecular complexity index is 3300. The van der Waals surface area contributed by atoms with Crippen LogP contribution >= 0.6 is 14.3 Å². The highest BCUT2D eigenvalue weighted by atomic mass is 31.2. The smallest absolute Gasteiger partial charge is 0.171 e. The molecule has 1 heterocycles. The molecule has 0 N–H and O–H groups in total. The maximum absolute atomic E-state index is 15.1. The Kier molecular flexibility index (Phi) is 12.4. The van der Waals surface area contributed by atoms with Crippen molar-refractivity contribution in [2.24, 2.45) is 0 Å². The SMILES string of the molecule is C[Si]1(C)C(c2ccc(-c3ccc(P(=O)(c4ccccc4)c4ccccc4)cc3)cc2)=C(c2ccccc2)C(c2ccccc2)=C1c1ccc(-c2ccc(P(=O)(c3ccccc3)c3ccccc3)cc2)cc1. The third kappa shape index (κ3) is 8.41. The average Bonchev–Trinajstić information content (AvgIpc) is 3.70. The first-order valence-corrected chi connectivity index (χ1v) is 30.6. The van der Waals surface area contributed by atoms with E-state index in [4.69, 9.17) is 0 Å². The van der Waals surface area contributed by atoms with Crippen LogP contribution in [0.3, 0.4) is 0 Å². The summed E-state index contributed by atoms with van der Waals surface area (Å²) >= 11 is 0. The van der Waals surface area contributed by atoms with Crippen molar-refractivity contribution < 1.29 is 9.13 Å². The lowest BCUT2D eigenvalue weighted by atomic mass is 9.89. The molecule has 0 aromatic heterocycles. The van der Waals surface area contributed by atoms with E-state index in [1.807, 2.05) is 146 Å². The fraction of sp³-hybridized carbons (Fsp3) is 0.0303. The van der Waals surface area contributed by atoms with Gasteiger partial charge in [-0.1, -0.05) is 292 Å². The fourth-order valence-electron chi connectivity index (χ4n) is 10.6. The van der Waals surface area contributed by atoms with Crippen LogP contribution in [-0.4, -0.2) is 8.07 Å². The average molecular weight is 967 g/mol. The third-order valence-corrected chi connectivity index (χ3v) is 23.8. The van der Waals surface area contributed by atoms with Gasteiger partial charge in [0.15, 0.2) is 14.3 Å². The van der Waals surface area contributed by atoms with Crippen molar-refractivity contribution in [3.8, 4) is 22.3 Å². The molecule has 10 aromatic carbocycles. The van der Waals surface area contributed by atoms with Crippen molar-refractivity contribution in [2.45, 2.75) is 13.1 Å². The minimum Gasteiger partial charge on any atom is -0.309 e. The van der Waals surface area contributed by atoms with Gasteiger partial charge in [-0.2, -0.15) is 0 Å². The van der Waals surface area contributed by atoms with Crippen molar-refractivity contribution in [2.75, 3.05) is 0 Å². The summed E-state index contributed by atoms with van der Waals surface area (Å²) in [5, 5.41) is 7.77. The van der Waals surface area contributed by atoms with Gasteiger partial charge >= 0.3 is 0 Å². The van der Waals surface area contributed by atoms with Gasteiger partial charge in [-0.15, -0.1) is 0 Å². The lowest BCUT2D eigenvalue weighted by Crippen LogP contribution is -2.28. The molecule has 11 rings (SSSR count). The second kappa shape index (κ2) is 19.3. The summed E-state index contributed by atoms with van der Waals surface area (Å²) in [5.74, 6) is 0. The lowest BCUT2D eigenvalue weighted by Gasteiger charge is -2.27. The zero-order chi connectivity index (χ0) is 48.4. The third-order valence-electron chi connectivity index (χ3n) is 14.1. The van der Waals surface area contributed by atoms with Crippen molar-refractivity contribution in [1.29, 1.82) is 0 Å². The first-order valence-electron chi connectivity index (χ1n) is 24.2. The van der Waals surface area contributed by atoms with Gasteiger partial charge in [-0.3, -0.25) is 0 Å². The Hall–Kier alpha value is -7.64. The van der Waals surface area contributed by atoms with E-state index in [1.165, 1.54) is 43.8 Å². The maximum Gasteiger partial charge on any atom is 0.171 e. The van der Waals surface area contributed by atoms with Crippen LogP contribution in [0.25, 0.3) is 43.8 Å². The van der Waals surface area contributed by atoms with Crippen LogP contribution in [0, 0.1) is 0 Å². The van der Waals surface area contributed by atoms with Crippen LogP contribution in [0.5, 0.6) is 0 Å². The molecule has 10 aromatic rings. The highest BCUT2D eigenvalue weighted by Gasteiger charge is 2.44. The molecule has 0 bridgehead atoms. The van der Waals surface area contributed by atoms with E-state index >= 15 is 9.13 Å². The number of allylic oxidation sites excluding steroid dienone is 2. The molecule has 0 unspecified atom stereocenters. The Morgan fingerprint density at radius 3 is 0.676 bits per heavy atom. The Morgan fingerprint density at radius 2 is 0.423 bits per heavy atom. The van der Waals surface area contributed by atoms with Gasteiger partial charge in [-0.05, 0) is 66.0 Å². The van der Waals surface area contributed by atoms with Crippen LogP contribution in [-0.2, 0) is 9.13 Å². The van der Waals surface area contributed by atoms with Crippen molar-refractivity contribution >= 4 is 75.7 Å². The summed E-state index contributed by atoms with van der Waals surface area (Å²) in [6.45, 7) is 5.01. The van der Waals surface area contributed by atoms with Crippen LogP contribution in [0.2, 0.25) is 13.1 Å². The molecule has 0 radical (unpaired) electrons. The molecule has 342 valence electrons. The van der Waals surface area contributed by atoms with Gasteiger partial charge < -0.3 is 9.13 Å². The first kappa shape index (κ1) is 45.8. The molecule has 1 aliphatic heterocycles. The largest absolute Gasteiger partial charge is 0.309 e. The highest BCUT2D eigenvalue weighted by Crippen LogP contribution is 2.56. The van der Waals surface area contributed by atoms with Gasteiger partial charge in [0.1, 0.15) is 8.07 Å². The molecule has 0 spiro atoms. The normalized spacial score (nSPS) is 13.6. The summed E-state index contributed by atoms with van der Waals surface area (Å²) in [7, 11) is -8.62. The second-order valence-electron chi connectivity index (χ2n) is 18.7. The molecule has 2 nitrogen and oxygen atoms in total. The number of hydrogen-bond donors (Lipinski definition) is 0. The van der Waals surface area contributed by atoms with E-state index in [0.29, 0.717) is 0 Å². The Balaban J connectivity index is 0.956. The van der Waals surface area contributed by atoms with Crippen LogP contribution in [0.1, 0.15) is 22.3 Å². The molecule has 0 atom stereocenters. The minimum atomic E-state index is -3.09. The summed E-state index contributed by atoms with van der Waals surface area (Å²) in [6.07, 6.45) is 0. The fourth-order valence-corrected chi connectivity index (χ4v) is 19.7. The zero-order valence-corrected chi connectivity index (χ0v) is 42.6. The number of hydrogen-bond acceptors (Lipinski definition) is 2. The van der Waals surface area contributed by atoms with E-state index in [9.17, 15) is 0 Å². The van der Waals surface area contributed by atoms with Crippen molar-refractivity contribution in [3.05, 3.63) is 301 Å². The van der Waals surface area contributed by atoms with Gasteiger partial charge in [-0.25, -0.2) is 0 Å². The highest BCUT2D eigenvalue weighted by molar-refractivity contribution is 7.85. The van der Waals surface area contributed by atoms with E-state index in [-0.39, 0.29) is 0 Å². The van der Waals surface area contributed by atoms with Gasteiger partial charge in [0.25, 0.3) is 0 Å². The predicted molar refractivity (Wildman–Crippen MR) is 307 cm³/mol. The zero-order valence-electron chi connectivity index (χ0n) is 39.8. The minimum absolute atomic E-state index is 0.818. The van der Waals surface area contributed by atoms with E-state index in [1.54, 1.807) is 0 Å². The van der Waals surface area contributed by atoms with Crippen LogP contribution in [0.15, 0.2) is 279 Å². The molecule has 0 saturated heterocycles. The molecule has 0 saturated carbocycles. The quantitative estimate of drug-likeness (QED) is 0.0903. The molecule has 0 fully saturated rings. The molecule has 71 heavy (non-hydrogen) atoms. The Labute approximate surface area is 419 Å². The number of benzene rings is 10. The van der Waals surface area contributed by atoms with Crippen LogP contribution in [0.4, 0.5) is 0 Å². The molecule has 5 heteroatoms. The van der Waals surface area contributed by atoms with Gasteiger partial charge in [0, 0.05) is 31.8 Å². The molecular formula is C66H52O2P2Si. The van der Waals surface area contributed by atoms with Gasteiger partial charge in [0.05, 0.1) is 0 Å².